The Morgan fingerprint density at radius 2 is 1.70 bits per heavy atom. The molecule has 3 aromatic rings. The predicted molar refractivity (Wildman–Crippen MR) is 85.3 cm³/mol. The maximum Gasteiger partial charge on any atom is 0.0486 e. The Bertz CT molecular complexity index is 713. The van der Waals surface area contributed by atoms with Crippen molar-refractivity contribution in [3.63, 3.8) is 0 Å². The highest BCUT2D eigenvalue weighted by Crippen LogP contribution is 2.20. The van der Waals surface area contributed by atoms with Crippen LogP contribution in [-0.2, 0) is 13.0 Å². The fraction of sp³-hybridized carbons (Fsp3) is 0.176. The minimum Gasteiger partial charge on any atom is -0.343 e. The molecule has 0 aliphatic heterocycles. The van der Waals surface area contributed by atoms with Crippen LogP contribution in [0.1, 0.15) is 11.1 Å². The van der Waals surface area contributed by atoms with E-state index in [9.17, 15) is 0 Å². The van der Waals surface area contributed by atoms with Gasteiger partial charge < -0.3 is 10.3 Å². The first-order valence-corrected chi connectivity index (χ1v) is 7.16. The third-order valence-corrected chi connectivity index (χ3v) is 3.79. The van der Waals surface area contributed by atoms with Crippen LogP contribution >= 0.6 is 11.6 Å². The average molecular weight is 285 g/mol. The molecule has 0 aliphatic carbocycles. The Kier molecular flexibility index (Phi) is 3.77. The molecule has 3 rings (SSSR count). The summed E-state index contributed by atoms with van der Waals surface area (Å²) in [5, 5.41) is 2.04. The Morgan fingerprint density at radius 3 is 2.45 bits per heavy atom. The van der Waals surface area contributed by atoms with Crippen molar-refractivity contribution >= 4 is 22.5 Å². The summed E-state index contributed by atoms with van der Waals surface area (Å²) in [7, 11) is 0. The van der Waals surface area contributed by atoms with Crippen molar-refractivity contribution in [3.05, 3.63) is 70.9 Å². The molecule has 0 radical (unpaired) electrons. The van der Waals surface area contributed by atoms with Crippen LogP contribution in [0.4, 0.5) is 0 Å². The lowest BCUT2D eigenvalue weighted by atomic mass is 10.1. The molecule has 0 amide bonds. The zero-order chi connectivity index (χ0) is 13.9. The van der Waals surface area contributed by atoms with Gasteiger partial charge >= 0.3 is 0 Å². The number of rotatable bonds is 4. The van der Waals surface area contributed by atoms with E-state index in [0.717, 1.165) is 18.0 Å². The second kappa shape index (κ2) is 5.70. The zero-order valence-electron chi connectivity index (χ0n) is 11.2. The van der Waals surface area contributed by atoms with Gasteiger partial charge in [-0.3, -0.25) is 0 Å². The van der Waals surface area contributed by atoms with Gasteiger partial charge in [0, 0.05) is 23.3 Å². The van der Waals surface area contributed by atoms with Crippen LogP contribution in [0.3, 0.4) is 0 Å². The van der Waals surface area contributed by atoms with Gasteiger partial charge in [0.05, 0.1) is 0 Å². The summed E-state index contributed by atoms with van der Waals surface area (Å²) in [4.78, 5) is 0. The zero-order valence-corrected chi connectivity index (χ0v) is 12.0. The Labute approximate surface area is 123 Å². The van der Waals surface area contributed by atoms with E-state index in [1.807, 2.05) is 12.1 Å². The molecule has 3 heteroatoms. The van der Waals surface area contributed by atoms with E-state index < -0.39 is 0 Å². The van der Waals surface area contributed by atoms with E-state index in [-0.39, 0.29) is 0 Å². The van der Waals surface area contributed by atoms with Gasteiger partial charge in [0.2, 0.25) is 0 Å². The molecule has 0 fully saturated rings. The van der Waals surface area contributed by atoms with Crippen molar-refractivity contribution in [2.45, 2.75) is 13.0 Å². The van der Waals surface area contributed by atoms with Crippen molar-refractivity contribution in [3.8, 4) is 0 Å². The van der Waals surface area contributed by atoms with Crippen LogP contribution in [0, 0.1) is 0 Å². The Morgan fingerprint density at radius 1 is 0.950 bits per heavy atom. The van der Waals surface area contributed by atoms with E-state index in [0.29, 0.717) is 6.54 Å². The summed E-state index contributed by atoms with van der Waals surface area (Å²) in [5.41, 5.74) is 9.43. The highest BCUT2D eigenvalue weighted by atomic mass is 35.5. The second-order valence-corrected chi connectivity index (χ2v) is 5.44. The fourth-order valence-corrected chi connectivity index (χ4v) is 2.60. The quantitative estimate of drug-likeness (QED) is 0.775. The molecule has 1 heterocycles. The number of aromatic nitrogens is 1. The second-order valence-electron chi connectivity index (χ2n) is 5.00. The molecule has 2 nitrogen and oxygen atoms in total. The number of hydrogen-bond donors (Lipinski definition) is 1. The van der Waals surface area contributed by atoms with Crippen LogP contribution in [0.15, 0.2) is 54.7 Å². The maximum atomic E-state index is 5.93. The van der Waals surface area contributed by atoms with Crippen LogP contribution in [0.25, 0.3) is 10.9 Å². The van der Waals surface area contributed by atoms with Gasteiger partial charge in [0.15, 0.2) is 0 Å². The standard InChI is InChI=1S/C17H17ClN2/c18-16-5-2-14(3-6-16)12-20-10-8-15-4-1-13(7-9-19)11-17(15)20/h1-6,8,10-11H,7,9,12,19H2. The summed E-state index contributed by atoms with van der Waals surface area (Å²) in [6.45, 7) is 1.54. The lowest BCUT2D eigenvalue weighted by Gasteiger charge is -2.07. The van der Waals surface area contributed by atoms with Crippen LogP contribution in [0.5, 0.6) is 0 Å². The van der Waals surface area contributed by atoms with Crippen molar-refractivity contribution in [1.82, 2.24) is 4.57 Å². The van der Waals surface area contributed by atoms with Crippen LogP contribution < -0.4 is 5.73 Å². The van der Waals surface area contributed by atoms with E-state index in [4.69, 9.17) is 17.3 Å². The van der Waals surface area contributed by atoms with Crippen molar-refractivity contribution in [1.29, 1.82) is 0 Å². The van der Waals surface area contributed by atoms with Gasteiger partial charge in [-0.25, -0.2) is 0 Å². The lowest BCUT2D eigenvalue weighted by Crippen LogP contribution is -2.03. The van der Waals surface area contributed by atoms with Gasteiger partial charge in [-0.1, -0.05) is 35.9 Å². The third-order valence-electron chi connectivity index (χ3n) is 3.54. The van der Waals surface area contributed by atoms with E-state index in [2.05, 4.69) is 47.2 Å². The number of nitrogens with two attached hydrogens (primary N) is 1. The smallest absolute Gasteiger partial charge is 0.0486 e. The molecule has 102 valence electrons. The molecule has 0 bridgehead atoms. The molecule has 2 aromatic carbocycles. The lowest BCUT2D eigenvalue weighted by molar-refractivity contribution is 0.835. The molecule has 0 spiro atoms. The average Bonchev–Trinajstić information content (AvgIpc) is 2.85. The molecular weight excluding hydrogens is 268 g/mol. The van der Waals surface area contributed by atoms with Crippen molar-refractivity contribution in [2.24, 2.45) is 5.73 Å². The van der Waals surface area contributed by atoms with Crippen LogP contribution in [-0.4, -0.2) is 11.1 Å². The maximum absolute atomic E-state index is 5.93. The monoisotopic (exact) mass is 284 g/mol. The first kappa shape index (κ1) is 13.2. The number of nitrogens with zero attached hydrogens (tertiary/aromatic N) is 1. The largest absolute Gasteiger partial charge is 0.343 e. The highest BCUT2D eigenvalue weighted by molar-refractivity contribution is 6.30. The summed E-state index contributed by atoms with van der Waals surface area (Å²) in [6, 6.07) is 16.7. The molecule has 20 heavy (non-hydrogen) atoms. The molecule has 0 atom stereocenters. The normalized spacial score (nSPS) is 11.1. The summed E-state index contributed by atoms with van der Waals surface area (Å²) in [5.74, 6) is 0. The number of fused-ring (bicyclic) bond motifs is 1. The number of hydrogen-bond acceptors (Lipinski definition) is 1. The van der Waals surface area contributed by atoms with Gasteiger partial charge in [-0.15, -0.1) is 0 Å². The molecular formula is C17H17ClN2. The van der Waals surface area contributed by atoms with Gasteiger partial charge in [-0.2, -0.15) is 0 Å². The van der Waals surface area contributed by atoms with E-state index in [1.54, 1.807) is 0 Å². The summed E-state index contributed by atoms with van der Waals surface area (Å²) >= 11 is 5.93. The van der Waals surface area contributed by atoms with Gasteiger partial charge in [0.25, 0.3) is 0 Å². The van der Waals surface area contributed by atoms with Gasteiger partial charge in [0.1, 0.15) is 0 Å². The molecule has 1 aromatic heterocycles. The van der Waals surface area contributed by atoms with Crippen molar-refractivity contribution < 1.29 is 0 Å². The molecule has 0 unspecified atom stereocenters. The minimum atomic E-state index is 0.684. The number of halogens is 1. The van der Waals surface area contributed by atoms with E-state index in [1.165, 1.54) is 22.0 Å². The number of benzene rings is 2. The summed E-state index contributed by atoms with van der Waals surface area (Å²) in [6.07, 6.45) is 3.05. The first-order valence-electron chi connectivity index (χ1n) is 6.78. The highest BCUT2D eigenvalue weighted by Gasteiger charge is 2.03. The topological polar surface area (TPSA) is 30.9 Å². The molecule has 0 saturated carbocycles. The third kappa shape index (κ3) is 2.72. The van der Waals surface area contributed by atoms with Crippen molar-refractivity contribution in [2.75, 3.05) is 6.54 Å². The first-order chi connectivity index (χ1) is 9.76. The molecule has 2 N–H and O–H groups in total. The molecule has 0 aliphatic rings. The summed E-state index contributed by atoms with van der Waals surface area (Å²) < 4.78 is 2.26. The predicted octanol–water partition coefficient (Wildman–Crippen LogP) is 3.84. The SMILES string of the molecule is NCCc1ccc2ccn(Cc3ccc(Cl)cc3)c2c1. The fourth-order valence-electron chi connectivity index (χ4n) is 2.48. The van der Waals surface area contributed by atoms with Crippen LogP contribution in [0.2, 0.25) is 5.02 Å². The molecule has 0 saturated heterocycles. The Balaban J connectivity index is 1.94. The van der Waals surface area contributed by atoms with Gasteiger partial charge in [-0.05, 0) is 53.7 Å². The minimum absolute atomic E-state index is 0.684. The van der Waals surface area contributed by atoms with E-state index >= 15 is 0 Å². The Hall–Kier alpha value is -1.77.